The number of carbonyl (C=O) groups is 1. The van der Waals surface area contributed by atoms with Crippen LogP contribution >= 0.6 is 0 Å². The van der Waals surface area contributed by atoms with E-state index in [1.54, 1.807) is 33.5 Å². The van der Waals surface area contributed by atoms with Gasteiger partial charge in [0.1, 0.15) is 5.82 Å². The van der Waals surface area contributed by atoms with Gasteiger partial charge in [-0.2, -0.15) is 0 Å². The molecule has 3 rings (SSSR count). The highest BCUT2D eigenvalue weighted by Crippen LogP contribution is 2.41. The summed E-state index contributed by atoms with van der Waals surface area (Å²) in [7, 11) is 4.69. The fraction of sp³-hybridized carbons (Fsp3) is 0.409. The molecule has 28 heavy (non-hydrogen) atoms. The number of nitrogens with one attached hydrogen (secondary N) is 1. The number of rotatable bonds is 8. The van der Waals surface area contributed by atoms with E-state index in [0.717, 1.165) is 30.4 Å². The van der Waals surface area contributed by atoms with Crippen LogP contribution < -0.4 is 19.5 Å². The molecular weight excluding hydrogens is 361 g/mol. The molecule has 1 saturated carbocycles. The summed E-state index contributed by atoms with van der Waals surface area (Å²) in [6.07, 6.45) is 3.66. The Balaban J connectivity index is 1.68. The van der Waals surface area contributed by atoms with Gasteiger partial charge in [0.05, 0.1) is 26.9 Å². The number of hydrogen-bond acceptors (Lipinski definition) is 4. The van der Waals surface area contributed by atoms with Gasteiger partial charge < -0.3 is 19.5 Å². The Labute approximate surface area is 164 Å². The van der Waals surface area contributed by atoms with Crippen LogP contribution in [0.5, 0.6) is 17.2 Å². The molecular formula is C22H26FNO4. The van der Waals surface area contributed by atoms with Gasteiger partial charge in [-0.3, -0.25) is 4.79 Å². The predicted octanol–water partition coefficient (Wildman–Crippen LogP) is 3.98. The lowest BCUT2D eigenvalue weighted by atomic mass is 9.71. The standard InChI is InChI=1S/C22H26FNO4/c1-26-18-13-15(14-19(27-2)21(18)28-3)5-10-20(25)24-22(11-4-12-22)16-6-8-17(23)9-7-16/h6-9,13-14H,4-5,10-12H2,1-3H3,(H,24,25). The molecule has 0 atom stereocenters. The van der Waals surface area contributed by atoms with Crippen molar-refractivity contribution in [3.8, 4) is 17.2 Å². The molecule has 0 spiro atoms. The second-order valence-corrected chi connectivity index (χ2v) is 7.02. The minimum atomic E-state index is -0.375. The van der Waals surface area contributed by atoms with Crippen LogP contribution in [0.4, 0.5) is 4.39 Å². The highest BCUT2D eigenvalue weighted by molar-refractivity contribution is 5.77. The van der Waals surface area contributed by atoms with Gasteiger partial charge in [0, 0.05) is 6.42 Å². The molecule has 0 bridgehead atoms. The predicted molar refractivity (Wildman–Crippen MR) is 104 cm³/mol. The molecule has 1 N–H and O–H groups in total. The Morgan fingerprint density at radius 1 is 1.04 bits per heavy atom. The third-order valence-corrected chi connectivity index (χ3v) is 5.35. The Bertz CT molecular complexity index is 806. The molecule has 0 radical (unpaired) electrons. The molecule has 0 aromatic heterocycles. The maximum atomic E-state index is 13.2. The summed E-state index contributed by atoms with van der Waals surface area (Å²) in [4.78, 5) is 12.6. The van der Waals surface area contributed by atoms with Crippen LogP contribution in [-0.4, -0.2) is 27.2 Å². The van der Waals surface area contributed by atoms with E-state index in [2.05, 4.69) is 5.32 Å². The van der Waals surface area contributed by atoms with Crippen LogP contribution in [0.3, 0.4) is 0 Å². The number of methoxy groups -OCH3 is 3. The molecule has 1 amide bonds. The SMILES string of the molecule is COc1cc(CCC(=O)NC2(c3ccc(F)cc3)CCC2)cc(OC)c1OC. The summed E-state index contributed by atoms with van der Waals surface area (Å²) in [5.74, 6) is 1.37. The number of benzene rings is 2. The number of halogens is 1. The summed E-state index contributed by atoms with van der Waals surface area (Å²) >= 11 is 0. The van der Waals surface area contributed by atoms with E-state index in [1.165, 1.54) is 12.1 Å². The molecule has 1 aliphatic rings. The first-order valence-electron chi connectivity index (χ1n) is 9.37. The normalized spacial score (nSPS) is 14.7. The molecule has 0 saturated heterocycles. The molecule has 5 nitrogen and oxygen atoms in total. The Morgan fingerprint density at radius 2 is 1.64 bits per heavy atom. The Kier molecular flexibility index (Phi) is 6.07. The lowest BCUT2D eigenvalue weighted by molar-refractivity contribution is -0.124. The molecule has 6 heteroatoms. The highest BCUT2D eigenvalue weighted by atomic mass is 19.1. The van der Waals surface area contributed by atoms with Gasteiger partial charge in [-0.25, -0.2) is 4.39 Å². The maximum Gasteiger partial charge on any atom is 0.221 e. The molecule has 1 fully saturated rings. The number of hydrogen-bond donors (Lipinski definition) is 1. The highest BCUT2D eigenvalue weighted by Gasteiger charge is 2.39. The van der Waals surface area contributed by atoms with Gasteiger partial charge in [-0.15, -0.1) is 0 Å². The molecule has 2 aromatic carbocycles. The van der Waals surface area contributed by atoms with Crippen molar-refractivity contribution in [3.63, 3.8) is 0 Å². The summed E-state index contributed by atoms with van der Waals surface area (Å²) in [6.45, 7) is 0. The number of ether oxygens (including phenoxy) is 3. The molecule has 2 aromatic rings. The second-order valence-electron chi connectivity index (χ2n) is 7.02. The van der Waals surface area contributed by atoms with Gasteiger partial charge >= 0.3 is 0 Å². The first-order chi connectivity index (χ1) is 13.5. The van der Waals surface area contributed by atoms with Gasteiger partial charge in [0.25, 0.3) is 0 Å². The first-order valence-corrected chi connectivity index (χ1v) is 9.37. The van der Waals surface area contributed by atoms with Gasteiger partial charge in [0.15, 0.2) is 11.5 Å². The molecule has 0 aliphatic heterocycles. The average molecular weight is 387 g/mol. The van der Waals surface area contributed by atoms with Crippen molar-refractivity contribution in [1.82, 2.24) is 5.32 Å². The zero-order valence-electron chi connectivity index (χ0n) is 16.5. The van der Waals surface area contributed by atoms with E-state index < -0.39 is 0 Å². The second kappa shape index (κ2) is 8.50. The van der Waals surface area contributed by atoms with E-state index in [-0.39, 0.29) is 17.3 Å². The van der Waals surface area contributed by atoms with Crippen LogP contribution in [-0.2, 0) is 16.8 Å². The fourth-order valence-corrected chi connectivity index (χ4v) is 3.65. The summed E-state index contributed by atoms with van der Waals surface area (Å²) in [5, 5.41) is 3.17. The van der Waals surface area contributed by atoms with E-state index in [0.29, 0.717) is 30.1 Å². The Morgan fingerprint density at radius 3 is 2.11 bits per heavy atom. The minimum absolute atomic E-state index is 0.0298. The number of aryl methyl sites for hydroxylation is 1. The quantitative estimate of drug-likeness (QED) is 0.744. The number of carbonyl (C=O) groups excluding carboxylic acids is 1. The van der Waals surface area contributed by atoms with Crippen molar-refractivity contribution in [2.45, 2.75) is 37.6 Å². The Hall–Kier alpha value is -2.76. The average Bonchev–Trinajstić information content (AvgIpc) is 2.68. The van der Waals surface area contributed by atoms with Crippen molar-refractivity contribution < 1.29 is 23.4 Å². The lowest BCUT2D eigenvalue weighted by Gasteiger charge is -2.43. The fourth-order valence-electron chi connectivity index (χ4n) is 3.65. The van der Waals surface area contributed by atoms with Gasteiger partial charge in [0.2, 0.25) is 11.7 Å². The largest absolute Gasteiger partial charge is 0.493 e. The van der Waals surface area contributed by atoms with E-state index in [4.69, 9.17) is 14.2 Å². The third kappa shape index (κ3) is 4.06. The van der Waals surface area contributed by atoms with Crippen LogP contribution in [0.1, 0.15) is 36.8 Å². The van der Waals surface area contributed by atoms with E-state index in [1.807, 2.05) is 12.1 Å². The monoisotopic (exact) mass is 387 g/mol. The van der Waals surface area contributed by atoms with E-state index >= 15 is 0 Å². The molecule has 0 heterocycles. The maximum absolute atomic E-state index is 13.2. The van der Waals surface area contributed by atoms with Crippen LogP contribution in [0.25, 0.3) is 0 Å². The number of amides is 1. The van der Waals surface area contributed by atoms with Crippen LogP contribution in [0.2, 0.25) is 0 Å². The van der Waals surface area contributed by atoms with Crippen molar-refractivity contribution in [1.29, 1.82) is 0 Å². The zero-order chi connectivity index (χ0) is 20.1. The topological polar surface area (TPSA) is 56.8 Å². The summed E-state index contributed by atoms with van der Waals surface area (Å²) in [5.41, 5.74) is 1.51. The van der Waals surface area contributed by atoms with Gasteiger partial charge in [-0.05, 0) is 61.1 Å². The van der Waals surface area contributed by atoms with Crippen LogP contribution in [0.15, 0.2) is 36.4 Å². The smallest absolute Gasteiger partial charge is 0.221 e. The van der Waals surface area contributed by atoms with E-state index in [9.17, 15) is 9.18 Å². The van der Waals surface area contributed by atoms with Crippen molar-refractivity contribution in [3.05, 3.63) is 53.3 Å². The lowest BCUT2D eigenvalue weighted by Crippen LogP contribution is -2.50. The van der Waals surface area contributed by atoms with Crippen molar-refractivity contribution in [2.24, 2.45) is 0 Å². The third-order valence-electron chi connectivity index (χ3n) is 5.35. The molecule has 1 aliphatic carbocycles. The molecule has 150 valence electrons. The molecule has 0 unspecified atom stereocenters. The summed E-state index contributed by atoms with van der Waals surface area (Å²) < 4.78 is 29.3. The first kappa shape index (κ1) is 20.0. The van der Waals surface area contributed by atoms with Crippen molar-refractivity contribution in [2.75, 3.05) is 21.3 Å². The summed E-state index contributed by atoms with van der Waals surface area (Å²) in [6, 6.07) is 10.1. The zero-order valence-corrected chi connectivity index (χ0v) is 16.5. The minimum Gasteiger partial charge on any atom is -0.493 e. The van der Waals surface area contributed by atoms with Crippen molar-refractivity contribution >= 4 is 5.91 Å². The van der Waals surface area contributed by atoms with Gasteiger partial charge in [-0.1, -0.05) is 12.1 Å². The van der Waals surface area contributed by atoms with Crippen LogP contribution in [0, 0.1) is 5.82 Å².